The van der Waals surface area contributed by atoms with Crippen LogP contribution in [0.3, 0.4) is 0 Å². The Morgan fingerprint density at radius 2 is 1.83 bits per heavy atom. The van der Waals surface area contributed by atoms with Gasteiger partial charge in [-0.25, -0.2) is 8.78 Å². The van der Waals surface area contributed by atoms with Gasteiger partial charge in [0, 0.05) is 18.7 Å². The Balaban J connectivity index is 2.34. The normalized spacial score (nSPS) is 15.8. The Labute approximate surface area is 112 Å². The van der Waals surface area contributed by atoms with Gasteiger partial charge in [0.15, 0.2) is 5.78 Å². The molecule has 1 aromatic rings. The molecular weight excluding hydrogens is 308 g/mol. The first-order chi connectivity index (χ1) is 8.63. The van der Waals surface area contributed by atoms with E-state index >= 15 is 0 Å². The highest BCUT2D eigenvalue weighted by Gasteiger charge is 2.21. The van der Waals surface area contributed by atoms with Crippen LogP contribution in [0.1, 0.15) is 10.4 Å². The molecule has 1 aliphatic rings. The van der Waals surface area contributed by atoms with Crippen molar-refractivity contribution in [2.24, 2.45) is 0 Å². The van der Waals surface area contributed by atoms with E-state index in [-0.39, 0.29) is 22.4 Å². The minimum absolute atomic E-state index is 0.0406. The molecule has 6 heteroatoms. The molecule has 0 bridgehead atoms. The first-order valence-electron chi connectivity index (χ1n) is 5.54. The lowest BCUT2D eigenvalue weighted by Crippen LogP contribution is -2.37. The summed E-state index contributed by atoms with van der Waals surface area (Å²) < 4.78 is 32.9. The molecule has 2 rings (SSSR count). The lowest BCUT2D eigenvalue weighted by Gasteiger charge is -2.29. The molecule has 0 atom stereocenters. The van der Waals surface area contributed by atoms with Gasteiger partial charge < -0.3 is 9.64 Å². The molecule has 0 radical (unpaired) electrons. The van der Waals surface area contributed by atoms with Crippen LogP contribution in [0.15, 0.2) is 12.1 Å². The van der Waals surface area contributed by atoms with Crippen molar-refractivity contribution in [3.63, 3.8) is 0 Å². The number of hydrogen-bond donors (Lipinski definition) is 0. The molecule has 1 aromatic carbocycles. The minimum Gasteiger partial charge on any atom is -0.378 e. The molecule has 0 aromatic heterocycles. The smallest absolute Gasteiger partial charge is 0.173 e. The number of benzene rings is 1. The first kappa shape index (κ1) is 13.4. The van der Waals surface area contributed by atoms with E-state index in [0.29, 0.717) is 26.3 Å². The van der Waals surface area contributed by atoms with E-state index in [0.717, 1.165) is 12.1 Å². The predicted octanol–water partition coefficient (Wildman–Crippen LogP) is 2.38. The quantitative estimate of drug-likeness (QED) is 0.633. The van der Waals surface area contributed by atoms with Gasteiger partial charge in [0.25, 0.3) is 0 Å². The van der Waals surface area contributed by atoms with Crippen molar-refractivity contribution in [3.8, 4) is 0 Å². The van der Waals surface area contributed by atoms with Crippen molar-refractivity contribution in [1.29, 1.82) is 0 Å². The zero-order valence-corrected chi connectivity index (χ0v) is 11.2. The largest absolute Gasteiger partial charge is 0.378 e. The van der Waals surface area contributed by atoms with Crippen LogP contribution in [-0.2, 0) is 4.74 Å². The Bertz CT molecular complexity index is 438. The lowest BCUT2D eigenvalue weighted by molar-refractivity contribution is 0.102. The Hall–Kier alpha value is -1.01. The second-order valence-electron chi connectivity index (χ2n) is 3.94. The number of ketones is 1. The predicted molar refractivity (Wildman–Crippen MR) is 67.5 cm³/mol. The first-order valence-corrected chi connectivity index (χ1v) is 6.66. The zero-order chi connectivity index (χ0) is 13.1. The van der Waals surface area contributed by atoms with Gasteiger partial charge in [-0.15, -0.1) is 0 Å². The molecule has 0 aliphatic carbocycles. The van der Waals surface area contributed by atoms with Crippen LogP contribution in [0.4, 0.5) is 14.5 Å². The summed E-state index contributed by atoms with van der Waals surface area (Å²) in [5.41, 5.74) is -0.0386. The van der Waals surface area contributed by atoms with E-state index in [1.54, 1.807) is 4.90 Å². The third-order valence-corrected chi connectivity index (χ3v) is 3.30. The van der Waals surface area contributed by atoms with Crippen molar-refractivity contribution in [3.05, 3.63) is 29.3 Å². The molecule has 0 spiro atoms. The van der Waals surface area contributed by atoms with E-state index < -0.39 is 11.6 Å². The number of halogens is 3. The molecular formula is C12H12BrF2NO2. The molecule has 1 heterocycles. The summed E-state index contributed by atoms with van der Waals surface area (Å²) in [5.74, 6) is -1.76. The van der Waals surface area contributed by atoms with Crippen LogP contribution >= 0.6 is 15.9 Å². The molecule has 1 fully saturated rings. The van der Waals surface area contributed by atoms with Gasteiger partial charge in [0.05, 0.1) is 18.5 Å². The van der Waals surface area contributed by atoms with Crippen molar-refractivity contribution in [2.75, 3.05) is 36.5 Å². The van der Waals surface area contributed by atoms with Crippen LogP contribution in [0.5, 0.6) is 0 Å². The van der Waals surface area contributed by atoms with Gasteiger partial charge in [-0.3, -0.25) is 4.79 Å². The summed E-state index contributed by atoms with van der Waals surface area (Å²) in [6, 6.07) is 2.16. The SMILES string of the molecule is O=C(CBr)c1cc(F)c(N2CCOCC2)c(F)c1. The monoisotopic (exact) mass is 319 g/mol. The third kappa shape index (κ3) is 2.70. The van der Waals surface area contributed by atoms with Crippen molar-refractivity contribution >= 4 is 27.4 Å². The highest BCUT2D eigenvalue weighted by molar-refractivity contribution is 9.09. The Morgan fingerprint density at radius 1 is 1.28 bits per heavy atom. The maximum atomic E-state index is 13.9. The number of carbonyl (C=O) groups is 1. The third-order valence-electron chi connectivity index (χ3n) is 2.79. The summed E-state index contributed by atoms with van der Waals surface area (Å²) >= 11 is 2.97. The van der Waals surface area contributed by atoms with Crippen LogP contribution in [0.2, 0.25) is 0 Å². The van der Waals surface area contributed by atoms with E-state index in [2.05, 4.69) is 15.9 Å². The highest BCUT2D eigenvalue weighted by atomic mass is 79.9. The van der Waals surface area contributed by atoms with Crippen LogP contribution in [-0.4, -0.2) is 37.4 Å². The number of hydrogen-bond acceptors (Lipinski definition) is 3. The second kappa shape index (κ2) is 5.75. The highest BCUT2D eigenvalue weighted by Crippen LogP contribution is 2.26. The maximum Gasteiger partial charge on any atom is 0.173 e. The standard InChI is InChI=1S/C12H12BrF2NO2/c13-7-11(17)8-5-9(14)12(10(15)6-8)16-1-3-18-4-2-16/h5-6H,1-4,7H2. The molecule has 0 unspecified atom stereocenters. The average molecular weight is 320 g/mol. The fraction of sp³-hybridized carbons (Fsp3) is 0.417. The second-order valence-corrected chi connectivity index (χ2v) is 4.51. The summed E-state index contributed by atoms with van der Waals surface area (Å²) in [4.78, 5) is 13.0. The number of Topliss-reactive ketones (excluding diaryl/α,β-unsaturated/α-hetero) is 1. The Kier molecular flexibility index (Phi) is 4.29. The maximum absolute atomic E-state index is 13.9. The number of nitrogens with zero attached hydrogens (tertiary/aromatic N) is 1. The van der Waals surface area contributed by atoms with Gasteiger partial charge >= 0.3 is 0 Å². The van der Waals surface area contributed by atoms with E-state index in [1.165, 1.54) is 0 Å². The van der Waals surface area contributed by atoms with Gasteiger partial charge in [-0.1, -0.05) is 15.9 Å². The van der Waals surface area contributed by atoms with Crippen LogP contribution in [0, 0.1) is 11.6 Å². The summed E-state index contributed by atoms with van der Waals surface area (Å²) in [6.45, 7) is 1.78. The van der Waals surface area contributed by atoms with Crippen molar-refractivity contribution in [2.45, 2.75) is 0 Å². The summed E-state index contributed by atoms with van der Waals surface area (Å²) in [7, 11) is 0. The molecule has 0 N–H and O–H groups in total. The summed E-state index contributed by atoms with van der Waals surface area (Å²) in [5, 5.41) is 0.0444. The number of alkyl halides is 1. The molecule has 3 nitrogen and oxygen atoms in total. The summed E-state index contributed by atoms with van der Waals surface area (Å²) in [6.07, 6.45) is 0. The molecule has 1 saturated heterocycles. The molecule has 0 amide bonds. The topological polar surface area (TPSA) is 29.5 Å². The molecule has 98 valence electrons. The van der Waals surface area contributed by atoms with E-state index in [4.69, 9.17) is 4.74 Å². The number of carbonyl (C=O) groups excluding carboxylic acids is 1. The van der Waals surface area contributed by atoms with E-state index in [9.17, 15) is 13.6 Å². The average Bonchev–Trinajstić information content (AvgIpc) is 2.38. The molecule has 0 saturated carbocycles. The van der Waals surface area contributed by atoms with E-state index in [1.807, 2.05) is 0 Å². The van der Waals surface area contributed by atoms with Crippen LogP contribution in [0.25, 0.3) is 0 Å². The Morgan fingerprint density at radius 3 is 2.33 bits per heavy atom. The van der Waals surface area contributed by atoms with Gasteiger partial charge in [0.2, 0.25) is 0 Å². The van der Waals surface area contributed by atoms with Crippen LogP contribution < -0.4 is 4.90 Å². The number of ether oxygens (including phenoxy) is 1. The minimum atomic E-state index is -0.707. The van der Waals surface area contributed by atoms with Crippen molar-refractivity contribution in [1.82, 2.24) is 0 Å². The van der Waals surface area contributed by atoms with Gasteiger partial charge in [-0.05, 0) is 12.1 Å². The fourth-order valence-corrected chi connectivity index (χ4v) is 2.22. The number of anilines is 1. The van der Waals surface area contributed by atoms with Gasteiger partial charge in [0.1, 0.15) is 17.3 Å². The van der Waals surface area contributed by atoms with Crippen molar-refractivity contribution < 1.29 is 18.3 Å². The fourth-order valence-electron chi connectivity index (χ4n) is 1.89. The number of morpholine rings is 1. The number of rotatable bonds is 3. The molecule has 1 aliphatic heterocycles. The van der Waals surface area contributed by atoms with Gasteiger partial charge in [-0.2, -0.15) is 0 Å². The lowest BCUT2D eigenvalue weighted by atomic mass is 10.1. The zero-order valence-electron chi connectivity index (χ0n) is 9.59. The molecule has 18 heavy (non-hydrogen) atoms.